The number of carbonyl (C=O) groups excluding carboxylic acids is 1. The molecule has 18 heavy (non-hydrogen) atoms. The monoisotopic (exact) mass is 256 g/mol. The number of likely N-dealkylation sites (N-methyl/N-ethyl adjacent to an activating group) is 1. The molecule has 2 rings (SSSR count). The maximum Gasteiger partial charge on any atom is 0.237 e. The SMILES string of the molecule is CCNC1(C(N)=O)CCC(OCC2CCCO2)C1. The van der Waals surface area contributed by atoms with Crippen molar-refractivity contribution < 1.29 is 14.3 Å². The van der Waals surface area contributed by atoms with Crippen molar-refractivity contribution >= 4 is 5.91 Å². The predicted molar refractivity (Wildman–Crippen MR) is 68.2 cm³/mol. The molecule has 1 saturated carbocycles. The number of hydrogen-bond acceptors (Lipinski definition) is 4. The summed E-state index contributed by atoms with van der Waals surface area (Å²) >= 11 is 0. The first-order valence-electron chi connectivity index (χ1n) is 6.94. The Morgan fingerprint density at radius 3 is 3.00 bits per heavy atom. The van der Waals surface area contributed by atoms with Gasteiger partial charge in [-0.3, -0.25) is 4.79 Å². The number of ether oxygens (including phenoxy) is 2. The van der Waals surface area contributed by atoms with Crippen LogP contribution in [0.15, 0.2) is 0 Å². The predicted octanol–water partition coefficient (Wildman–Crippen LogP) is 0.568. The van der Waals surface area contributed by atoms with Crippen molar-refractivity contribution in [3.05, 3.63) is 0 Å². The van der Waals surface area contributed by atoms with E-state index in [0.717, 1.165) is 38.8 Å². The first-order valence-corrected chi connectivity index (χ1v) is 6.94. The van der Waals surface area contributed by atoms with Gasteiger partial charge in [-0.1, -0.05) is 6.92 Å². The lowest BCUT2D eigenvalue weighted by Crippen LogP contribution is -2.54. The third-order valence-corrected chi connectivity index (χ3v) is 4.00. The molecule has 104 valence electrons. The Labute approximate surface area is 108 Å². The van der Waals surface area contributed by atoms with Crippen LogP contribution in [0, 0.1) is 0 Å². The molecule has 0 radical (unpaired) electrons. The van der Waals surface area contributed by atoms with E-state index in [1.54, 1.807) is 0 Å². The molecule has 3 atom stereocenters. The quantitative estimate of drug-likeness (QED) is 0.728. The number of amides is 1. The lowest BCUT2D eigenvalue weighted by atomic mass is 9.96. The lowest BCUT2D eigenvalue weighted by molar-refractivity contribution is -0.124. The second-order valence-corrected chi connectivity index (χ2v) is 5.31. The minimum Gasteiger partial charge on any atom is -0.376 e. The molecule has 1 amide bonds. The molecule has 0 aromatic rings. The first-order chi connectivity index (χ1) is 8.66. The van der Waals surface area contributed by atoms with Gasteiger partial charge in [0, 0.05) is 13.0 Å². The number of carbonyl (C=O) groups is 1. The highest BCUT2D eigenvalue weighted by atomic mass is 16.5. The molecule has 0 bridgehead atoms. The highest BCUT2D eigenvalue weighted by Crippen LogP contribution is 2.32. The summed E-state index contributed by atoms with van der Waals surface area (Å²) in [6.07, 6.45) is 4.92. The second kappa shape index (κ2) is 5.99. The van der Waals surface area contributed by atoms with E-state index in [-0.39, 0.29) is 18.1 Å². The van der Waals surface area contributed by atoms with Gasteiger partial charge in [0.2, 0.25) is 5.91 Å². The van der Waals surface area contributed by atoms with Gasteiger partial charge in [0.25, 0.3) is 0 Å². The van der Waals surface area contributed by atoms with Gasteiger partial charge in [0.1, 0.15) is 5.54 Å². The van der Waals surface area contributed by atoms with E-state index in [2.05, 4.69) is 5.32 Å². The fourth-order valence-corrected chi connectivity index (χ4v) is 2.97. The van der Waals surface area contributed by atoms with Gasteiger partial charge in [-0.25, -0.2) is 0 Å². The van der Waals surface area contributed by atoms with E-state index < -0.39 is 5.54 Å². The molecule has 0 aromatic carbocycles. The molecule has 0 aromatic heterocycles. The van der Waals surface area contributed by atoms with Crippen LogP contribution in [-0.2, 0) is 14.3 Å². The molecule has 2 aliphatic rings. The number of hydrogen-bond donors (Lipinski definition) is 2. The van der Waals surface area contributed by atoms with Gasteiger partial charge in [0.05, 0.1) is 18.8 Å². The molecule has 0 spiro atoms. The van der Waals surface area contributed by atoms with Crippen molar-refractivity contribution in [1.29, 1.82) is 0 Å². The third-order valence-electron chi connectivity index (χ3n) is 4.00. The summed E-state index contributed by atoms with van der Waals surface area (Å²) in [5.74, 6) is -0.257. The van der Waals surface area contributed by atoms with E-state index in [4.69, 9.17) is 15.2 Å². The van der Waals surface area contributed by atoms with Gasteiger partial charge in [0.15, 0.2) is 0 Å². The van der Waals surface area contributed by atoms with Crippen LogP contribution < -0.4 is 11.1 Å². The fraction of sp³-hybridized carbons (Fsp3) is 0.923. The van der Waals surface area contributed by atoms with Gasteiger partial charge in [-0.2, -0.15) is 0 Å². The van der Waals surface area contributed by atoms with Gasteiger partial charge in [-0.05, 0) is 32.2 Å². The Balaban J connectivity index is 1.80. The highest BCUT2D eigenvalue weighted by Gasteiger charge is 2.44. The number of nitrogens with two attached hydrogens (primary N) is 1. The topological polar surface area (TPSA) is 73.6 Å². The zero-order valence-electron chi connectivity index (χ0n) is 11.1. The number of nitrogens with one attached hydrogen (secondary N) is 1. The van der Waals surface area contributed by atoms with Crippen LogP contribution in [0.2, 0.25) is 0 Å². The van der Waals surface area contributed by atoms with Crippen LogP contribution in [0.3, 0.4) is 0 Å². The summed E-state index contributed by atoms with van der Waals surface area (Å²) < 4.78 is 11.4. The third kappa shape index (κ3) is 3.02. The Morgan fingerprint density at radius 2 is 2.39 bits per heavy atom. The van der Waals surface area contributed by atoms with Crippen LogP contribution in [0.25, 0.3) is 0 Å². The van der Waals surface area contributed by atoms with E-state index in [1.165, 1.54) is 0 Å². The Bertz CT molecular complexity index is 292. The van der Waals surface area contributed by atoms with E-state index in [0.29, 0.717) is 13.0 Å². The average molecular weight is 256 g/mol. The molecule has 5 heteroatoms. The Kier molecular flexibility index (Phi) is 4.59. The fourth-order valence-electron chi connectivity index (χ4n) is 2.97. The molecule has 1 heterocycles. The smallest absolute Gasteiger partial charge is 0.237 e. The van der Waals surface area contributed by atoms with E-state index >= 15 is 0 Å². The van der Waals surface area contributed by atoms with Crippen LogP contribution >= 0.6 is 0 Å². The van der Waals surface area contributed by atoms with Crippen molar-refractivity contribution in [2.75, 3.05) is 19.8 Å². The normalized spacial score (nSPS) is 36.1. The first kappa shape index (κ1) is 13.8. The molecule has 3 N–H and O–H groups in total. The number of primary amides is 1. The average Bonchev–Trinajstić information content (AvgIpc) is 2.96. The van der Waals surface area contributed by atoms with Crippen molar-refractivity contribution in [2.45, 2.75) is 56.8 Å². The molecule has 1 saturated heterocycles. The van der Waals surface area contributed by atoms with Crippen molar-refractivity contribution in [2.24, 2.45) is 5.73 Å². The second-order valence-electron chi connectivity index (χ2n) is 5.31. The maximum absolute atomic E-state index is 11.6. The zero-order valence-corrected chi connectivity index (χ0v) is 11.1. The molecular formula is C13H24N2O3. The standard InChI is InChI=1S/C13H24N2O3/c1-2-15-13(12(14)16)6-5-10(8-13)18-9-11-4-3-7-17-11/h10-11,15H,2-9H2,1H3,(H2,14,16). The molecular weight excluding hydrogens is 232 g/mol. The van der Waals surface area contributed by atoms with E-state index in [1.807, 2.05) is 6.92 Å². The van der Waals surface area contributed by atoms with Gasteiger partial charge < -0.3 is 20.5 Å². The molecule has 1 aliphatic heterocycles. The number of rotatable bonds is 6. The molecule has 1 aliphatic carbocycles. The summed E-state index contributed by atoms with van der Waals surface area (Å²) in [6, 6.07) is 0. The lowest BCUT2D eigenvalue weighted by Gasteiger charge is -2.26. The van der Waals surface area contributed by atoms with Gasteiger partial charge >= 0.3 is 0 Å². The largest absolute Gasteiger partial charge is 0.376 e. The van der Waals surface area contributed by atoms with Crippen molar-refractivity contribution in [3.63, 3.8) is 0 Å². The minimum atomic E-state index is -0.560. The van der Waals surface area contributed by atoms with Crippen LogP contribution in [0.4, 0.5) is 0 Å². The summed E-state index contributed by atoms with van der Waals surface area (Å²) in [7, 11) is 0. The van der Waals surface area contributed by atoms with Crippen molar-refractivity contribution in [3.8, 4) is 0 Å². The van der Waals surface area contributed by atoms with Crippen molar-refractivity contribution in [1.82, 2.24) is 5.32 Å². The van der Waals surface area contributed by atoms with Crippen LogP contribution in [-0.4, -0.2) is 43.4 Å². The maximum atomic E-state index is 11.6. The van der Waals surface area contributed by atoms with Crippen LogP contribution in [0.5, 0.6) is 0 Å². The minimum absolute atomic E-state index is 0.126. The molecule has 3 unspecified atom stereocenters. The summed E-state index contributed by atoms with van der Waals surface area (Å²) in [5, 5.41) is 3.23. The Hall–Kier alpha value is -0.650. The Morgan fingerprint density at radius 1 is 1.56 bits per heavy atom. The van der Waals surface area contributed by atoms with E-state index in [9.17, 15) is 4.79 Å². The summed E-state index contributed by atoms with van der Waals surface area (Å²) in [5.41, 5.74) is 4.96. The summed E-state index contributed by atoms with van der Waals surface area (Å²) in [6.45, 7) is 4.24. The molecule has 2 fully saturated rings. The highest BCUT2D eigenvalue weighted by molar-refractivity contribution is 5.85. The zero-order chi connectivity index (χ0) is 13.0. The molecule has 5 nitrogen and oxygen atoms in total. The van der Waals surface area contributed by atoms with Gasteiger partial charge in [-0.15, -0.1) is 0 Å². The van der Waals surface area contributed by atoms with Crippen LogP contribution in [0.1, 0.15) is 39.0 Å². The summed E-state index contributed by atoms with van der Waals surface area (Å²) in [4.78, 5) is 11.6.